The van der Waals surface area contributed by atoms with E-state index in [4.69, 9.17) is 4.74 Å². The number of esters is 1. The summed E-state index contributed by atoms with van der Waals surface area (Å²) in [6, 6.07) is 0. The molecule has 1 rings (SSSR count). The van der Waals surface area contributed by atoms with Gasteiger partial charge >= 0.3 is 5.97 Å². The van der Waals surface area contributed by atoms with Crippen LogP contribution in [0.2, 0.25) is 0 Å². The maximum atomic E-state index is 12.3. The van der Waals surface area contributed by atoms with E-state index in [1.54, 1.807) is 7.05 Å². The van der Waals surface area contributed by atoms with E-state index in [1.165, 1.54) is 83.5 Å². The third-order valence-corrected chi connectivity index (χ3v) is 8.43. The Morgan fingerprint density at radius 3 is 1.74 bits per heavy atom. The second kappa shape index (κ2) is 25.6. The van der Waals surface area contributed by atoms with Gasteiger partial charge in [0.1, 0.15) is 17.5 Å². The monoisotopic (exact) mass is 591 g/mol. The van der Waals surface area contributed by atoms with Crippen LogP contribution in [0.25, 0.3) is 0 Å². The van der Waals surface area contributed by atoms with Gasteiger partial charge in [0.25, 0.3) is 10.9 Å². The fraction of sp³-hybridized carbons (Fsp3) is 0.857. The highest BCUT2D eigenvalue weighted by Gasteiger charge is 2.19. The summed E-state index contributed by atoms with van der Waals surface area (Å²) >= 11 is 0. The molecule has 0 spiro atoms. The van der Waals surface area contributed by atoms with Gasteiger partial charge in [-0.25, -0.2) is 0 Å². The first-order valence-corrected chi connectivity index (χ1v) is 17.6. The Morgan fingerprint density at radius 2 is 1.17 bits per heavy atom. The minimum absolute atomic E-state index is 0.0166. The Labute approximate surface area is 257 Å². The van der Waals surface area contributed by atoms with Crippen molar-refractivity contribution in [3.63, 3.8) is 0 Å². The minimum Gasteiger partial charge on any atom is -0.462 e. The van der Waals surface area contributed by atoms with Gasteiger partial charge in [-0.3, -0.25) is 14.4 Å². The van der Waals surface area contributed by atoms with Crippen molar-refractivity contribution in [2.24, 2.45) is 0 Å². The second-order valence-electron chi connectivity index (χ2n) is 12.1. The standard InChI is InChI=1S/C35H65N3O4/c1-5-8-10-12-15-19-24-30(7-3)42-31(39)25-20-16-14-18-22-28-38(27-21-17-13-11-9-6-2)29-23-26-37-33-32(36-4)34(40)35(33)41/h30,36-37H,5-29H2,1-4H3. The highest BCUT2D eigenvalue weighted by atomic mass is 16.5. The molecule has 0 fully saturated rings. The van der Waals surface area contributed by atoms with Crippen molar-refractivity contribution in [1.82, 2.24) is 4.90 Å². The van der Waals surface area contributed by atoms with Crippen LogP contribution in [-0.4, -0.2) is 50.2 Å². The summed E-state index contributed by atoms with van der Waals surface area (Å²) in [5, 5.41) is 5.98. The van der Waals surface area contributed by atoms with Crippen LogP contribution in [0.1, 0.15) is 156 Å². The fourth-order valence-electron chi connectivity index (χ4n) is 5.64. The molecule has 2 N–H and O–H groups in total. The van der Waals surface area contributed by atoms with E-state index in [1.807, 2.05) is 0 Å². The molecule has 0 saturated carbocycles. The molecule has 244 valence electrons. The van der Waals surface area contributed by atoms with Crippen LogP contribution in [0, 0.1) is 0 Å². The van der Waals surface area contributed by atoms with Crippen molar-refractivity contribution in [2.75, 3.05) is 43.9 Å². The third-order valence-electron chi connectivity index (χ3n) is 8.43. The average molecular weight is 592 g/mol. The predicted molar refractivity (Wildman–Crippen MR) is 180 cm³/mol. The van der Waals surface area contributed by atoms with Gasteiger partial charge in [0.05, 0.1) is 0 Å². The smallest absolute Gasteiger partial charge is 0.306 e. The molecule has 1 unspecified atom stereocenters. The van der Waals surface area contributed by atoms with E-state index in [9.17, 15) is 14.4 Å². The molecule has 42 heavy (non-hydrogen) atoms. The summed E-state index contributed by atoms with van der Waals surface area (Å²) in [5.74, 6) is -0.0166. The largest absolute Gasteiger partial charge is 0.462 e. The quantitative estimate of drug-likeness (QED) is 0.0529. The lowest BCUT2D eigenvalue weighted by atomic mass is 10.1. The van der Waals surface area contributed by atoms with E-state index in [0.717, 1.165) is 64.6 Å². The van der Waals surface area contributed by atoms with Gasteiger partial charge in [0.2, 0.25) is 0 Å². The first kappa shape index (κ1) is 38.1. The topological polar surface area (TPSA) is 87.7 Å². The lowest BCUT2D eigenvalue weighted by Crippen LogP contribution is -2.37. The maximum absolute atomic E-state index is 12.3. The van der Waals surface area contributed by atoms with Crippen LogP contribution in [0.3, 0.4) is 0 Å². The molecule has 0 aliphatic heterocycles. The van der Waals surface area contributed by atoms with Crippen molar-refractivity contribution < 1.29 is 9.53 Å². The van der Waals surface area contributed by atoms with Crippen molar-refractivity contribution >= 4 is 17.3 Å². The first-order chi connectivity index (χ1) is 20.5. The lowest BCUT2D eigenvalue weighted by Gasteiger charge is -2.23. The number of hydrogen-bond acceptors (Lipinski definition) is 7. The van der Waals surface area contributed by atoms with E-state index >= 15 is 0 Å². The molecule has 0 radical (unpaired) electrons. The summed E-state index contributed by atoms with van der Waals surface area (Å²) in [4.78, 5) is 38.3. The molecular formula is C35H65N3O4. The second-order valence-corrected chi connectivity index (χ2v) is 12.1. The summed E-state index contributed by atoms with van der Waals surface area (Å²) < 4.78 is 5.76. The maximum Gasteiger partial charge on any atom is 0.306 e. The number of unbranched alkanes of at least 4 members (excludes halogenated alkanes) is 14. The van der Waals surface area contributed by atoms with Gasteiger partial charge in [-0.15, -0.1) is 0 Å². The van der Waals surface area contributed by atoms with Gasteiger partial charge in [-0.2, -0.15) is 0 Å². The zero-order valence-electron chi connectivity index (χ0n) is 27.8. The molecular weight excluding hydrogens is 526 g/mol. The van der Waals surface area contributed by atoms with E-state index in [-0.39, 0.29) is 12.1 Å². The summed E-state index contributed by atoms with van der Waals surface area (Å²) in [7, 11) is 1.68. The number of rotatable bonds is 30. The highest BCUT2D eigenvalue weighted by molar-refractivity contribution is 5.73. The molecule has 7 heteroatoms. The van der Waals surface area contributed by atoms with Gasteiger partial charge < -0.3 is 20.3 Å². The molecule has 1 aromatic rings. The molecule has 0 bridgehead atoms. The van der Waals surface area contributed by atoms with Gasteiger partial charge in [0.15, 0.2) is 0 Å². The number of ether oxygens (including phenoxy) is 1. The lowest BCUT2D eigenvalue weighted by molar-refractivity contribution is -0.149. The number of nitrogens with one attached hydrogen (secondary N) is 2. The summed E-state index contributed by atoms with van der Waals surface area (Å²) in [6.07, 6.45) is 24.5. The molecule has 1 atom stereocenters. The van der Waals surface area contributed by atoms with Crippen molar-refractivity contribution in [2.45, 2.75) is 162 Å². The van der Waals surface area contributed by atoms with Crippen molar-refractivity contribution in [3.8, 4) is 0 Å². The molecule has 0 aromatic heterocycles. The number of nitrogens with zero attached hydrogens (tertiary/aromatic N) is 1. The molecule has 0 aliphatic rings. The molecule has 0 amide bonds. The van der Waals surface area contributed by atoms with Crippen molar-refractivity contribution in [1.29, 1.82) is 0 Å². The number of carbonyl (C=O) groups excluding carboxylic acids is 1. The summed E-state index contributed by atoms with van der Waals surface area (Å²) in [6.45, 7) is 10.5. The number of carbonyl (C=O) groups is 1. The zero-order chi connectivity index (χ0) is 30.8. The molecule has 0 heterocycles. The Bertz CT molecular complexity index is 865. The highest BCUT2D eigenvalue weighted by Crippen LogP contribution is 2.16. The van der Waals surface area contributed by atoms with E-state index in [0.29, 0.717) is 24.3 Å². The zero-order valence-corrected chi connectivity index (χ0v) is 27.8. The Kier molecular flexibility index (Phi) is 23.2. The summed E-state index contributed by atoms with van der Waals surface area (Å²) in [5.41, 5.74) is 0.0255. The predicted octanol–water partition coefficient (Wildman–Crippen LogP) is 8.20. The first-order valence-electron chi connectivity index (χ1n) is 17.6. The van der Waals surface area contributed by atoms with Crippen LogP contribution >= 0.6 is 0 Å². The van der Waals surface area contributed by atoms with Crippen LogP contribution in [-0.2, 0) is 9.53 Å². The Balaban J connectivity index is 2.23. The van der Waals surface area contributed by atoms with Crippen LogP contribution in [0.5, 0.6) is 0 Å². The molecule has 1 aromatic carbocycles. The average Bonchev–Trinajstić information content (AvgIpc) is 2.99. The third kappa shape index (κ3) is 17.3. The van der Waals surface area contributed by atoms with Crippen LogP contribution in [0.4, 0.5) is 11.4 Å². The SMILES string of the molecule is CCCCCCCCC(CC)OC(=O)CCCCCCCN(CCCCCCCC)CCCNc1c(NC)c(=O)c1=O. The van der Waals surface area contributed by atoms with Gasteiger partial charge in [-0.05, 0) is 64.6 Å². The molecule has 0 aliphatic carbocycles. The Morgan fingerprint density at radius 1 is 0.667 bits per heavy atom. The van der Waals surface area contributed by atoms with E-state index < -0.39 is 10.9 Å². The number of hydrogen-bond donors (Lipinski definition) is 2. The van der Waals surface area contributed by atoms with Crippen molar-refractivity contribution in [3.05, 3.63) is 20.4 Å². The number of anilines is 2. The Hall–Kier alpha value is -1.89. The van der Waals surface area contributed by atoms with Crippen LogP contribution in [0.15, 0.2) is 9.59 Å². The minimum atomic E-state index is -0.421. The van der Waals surface area contributed by atoms with Gasteiger partial charge in [0, 0.05) is 20.0 Å². The molecule has 0 saturated heterocycles. The van der Waals surface area contributed by atoms with E-state index in [2.05, 4.69) is 36.3 Å². The normalized spacial score (nSPS) is 12.2. The molecule has 7 nitrogen and oxygen atoms in total. The van der Waals surface area contributed by atoms with Crippen LogP contribution < -0.4 is 21.5 Å². The fourth-order valence-corrected chi connectivity index (χ4v) is 5.64. The van der Waals surface area contributed by atoms with Gasteiger partial charge in [-0.1, -0.05) is 104 Å².